The number of benzene rings is 2. The molecule has 2 N–H and O–H groups in total. The van der Waals surface area contributed by atoms with Crippen LogP contribution in [-0.4, -0.2) is 48.3 Å². The van der Waals surface area contributed by atoms with Gasteiger partial charge in [-0.2, -0.15) is 5.26 Å². The number of rotatable bonds is 4. The molecule has 7 heteroatoms. The van der Waals surface area contributed by atoms with Gasteiger partial charge >= 0.3 is 6.09 Å². The van der Waals surface area contributed by atoms with Crippen LogP contribution in [0, 0.1) is 11.3 Å². The molecule has 2 amide bonds. The number of piperidine rings is 1. The number of anilines is 1. The van der Waals surface area contributed by atoms with Crippen LogP contribution in [0.25, 0.3) is 0 Å². The molecule has 5 rings (SSSR count). The van der Waals surface area contributed by atoms with Crippen molar-refractivity contribution in [3.05, 3.63) is 64.7 Å². The number of hydrogen-bond donors (Lipinski definition) is 2. The number of ether oxygens (including phenoxy) is 1. The van der Waals surface area contributed by atoms with E-state index in [0.29, 0.717) is 41.7 Å². The normalized spacial score (nSPS) is 18.1. The van der Waals surface area contributed by atoms with Crippen molar-refractivity contribution in [2.24, 2.45) is 0 Å². The summed E-state index contributed by atoms with van der Waals surface area (Å²) in [6.45, 7) is 3.32. The van der Waals surface area contributed by atoms with Gasteiger partial charge in [0.15, 0.2) is 0 Å². The van der Waals surface area contributed by atoms with E-state index in [2.05, 4.69) is 11.4 Å². The Morgan fingerprint density at radius 3 is 2.14 bits per heavy atom. The standard InChI is InChI=1S/C24H25N3O3.C4H8O/c25-15-16-4-6-17(7-5-16)18-10-12-27(13-11-18)23(28)20-8-9-21(19-2-1-3-19)22(14-20)26-24(29)30;1-2-4-5-3-1/h4-9,14,18-19,26H,1-3,10-13H2,(H,29,30);1-4H2. The fraction of sp³-hybridized carbons (Fsp3) is 0.464. The number of likely N-dealkylation sites (tertiary alicyclic amines) is 1. The van der Waals surface area contributed by atoms with Gasteiger partial charge in [0.2, 0.25) is 0 Å². The Balaban J connectivity index is 0.000000514. The summed E-state index contributed by atoms with van der Waals surface area (Å²) < 4.78 is 4.94. The molecule has 0 bridgehead atoms. The van der Waals surface area contributed by atoms with Crippen LogP contribution in [0.4, 0.5) is 10.5 Å². The highest BCUT2D eigenvalue weighted by molar-refractivity contribution is 5.96. The third-order valence-electron chi connectivity index (χ3n) is 7.21. The summed E-state index contributed by atoms with van der Waals surface area (Å²) in [5, 5.41) is 20.6. The van der Waals surface area contributed by atoms with Crippen LogP contribution in [0.3, 0.4) is 0 Å². The van der Waals surface area contributed by atoms with Gasteiger partial charge in [-0.05, 0) is 85.8 Å². The molecule has 2 saturated heterocycles. The third kappa shape index (κ3) is 6.40. The van der Waals surface area contributed by atoms with E-state index in [0.717, 1.165) is 50.9 Å². The second kappa shape index (κ2) is 11.9. The summed E-state index contributed by atoms with van der Waals surface area (Å²) in [7, 11) is 0. The van der Waals surface area contributed by atoms with Crippen molar-refractivity contribution < 1.29 is 19.4 Å². The fourth-order valence-corrected chi connectivity index (χ4v) is 4.93. The van der Waals surface area contributed by atoms with Crippen LogP contribution in [-0.2, 0) is 4.74 Å². The highest BCUT2D eigenvalue weighted by Gasteiger charge is 2.27. The Bertz CT molecular complexity index is 1050. The highest BCUT2D eigenvalue weighted by Crippen LogP contribution is 2.40. The van der Waals surface area contributed by atoms with E-state index in [9.17, 15) is 14.7 Å². The van der Waals surface area contributed by atoms with Gasteiger partial charge in [0.05, 0.1) is 11.6 Å². The summed E-state index contributed by atoms with van der Waals surface area (Å²) >= 11 is 0. The number of carbonyl (C=O) groups excluding carboxylic acids is 1. The lowest BCUT2D eigenvalue weighted by atomic mass is 9.79. The van der Waals surface area contributed by atoms with Crippen molar-refractivity contribution >= 4 is 17.7 Å². The summed E-state index contributed by atoms with van der Waals surface area (Å²) in [5.41, 5.74) is 3.91. The van der Waals surface area contributed by atoms with Gasteiger partial charge in [-0.15, -0.1) is 0 Å². The number of nitrogens with zero attached hydrogens (tertiary/aromatic N) is 2. The Kier molecular flexibility index (Phi) is 8.38. The van der Waals surface area contributed by atoms with Gasteiger partial charge in [0.25, 0.3) is 5.91 Å². The minimum Gasteiger partial charge on any atom is -0.465 e. The average Bonchev–Trinajstić information content (AvgIpc) is 3.44. The van der Waals surface area contributed by atoms with Crippen LogP contribution < -0.4 is 5.32 Å². The van der Waals surface area contributed by atoms with E-state index in [1.165, 1.54) is 18.4 Å². The topological polar surface area (TPSA) is 103 Å². The molecule has 2 aromatic rings. The first-order valence-electron chi connectivity index (χ1n) is 12.6. The summed E-state index contributed by atoms with van der Waals surface area (Å²) in [5.74, 6) is 0.702. The van der Waals surface area contributed by atoms with Crippen LogP contribution in [0.15, 0.2) is 42.5 Å². The van der Waals surface area contributed by atoms with Crippen LogP contribution in [0.1, 0.15) is 83.8 Å². The quantitative estimate of drug-likeness (QED) is 0.588. The van der Waals surface area contributed by atoms with Crippen molar-refractivity contribution in [2.75, 3.05) is 31.6 Å². The number of nitrogens with one attached hydrogen (secondary N) is 1. The van der Waals surface area contributed by atoms with Crippen molar-refractivity contribution in [3.8, 4) is 6.07 Å². The Labute approximate surface area is 206 Å². The number of amides is 2. The molecule has 1 aliphatic carbocycles. The number of carboxylic acid groups (broad SMARTS) is 1. The van der Waals surface area contributed by atoms with E-state index in [4.69, 9.17) is 10.00 Å². The molecule has 7 nitrogen and oxygen atoms in total. The molecular weight excluding hydrogens is 442 g/mol. The summed E-state index contributed by atoms with van der Waals surface area (Å²) in [6, 6.07) is 15.3. The number of carbonyl (C=O) groups is 2. The Hall–Kier alpha value is -3.37. The van der Waals surface area contributed by atoms with Crippen molar-refractivity contribution in [2.45, 2.75) is 56.8 Å². The van der Waals surface area contributed by atoms with Gasteiger partial charge in [-0.1, -0.05) is 24.6 Å². The minimum absolute atomic E-state index is 0.0538. The molecule has 0 unspecified atom stereocenters. The summed E-state index contributed by atoms with van der Waals surface area (Å²) in [6.07, 6.45) is 6.47. The molecule has 0 aromatic heterocycles. The number of hydrogen-bond acceptors (Lipinski definition) is 4. The van der Waals surface area contributed by atoms with Gasteiger partial charge in [-0.25, -0.2) is 4.79 Å². The molecular formula is C28H33N3O4. The van der Waals surface area contributed by atoms with E-state index in [-0.39, 0.29) is 5.91 Å². The average molecular weight is 476 g/mol. The SMILES string of the molecule is C1CCOC1.N#Cc1ccc(C2CCN(C(=O)c3ccc(C4CCC4)c(NC(=O)O)c3)CC2)cc1. The maximum atomic E-state index is 13.0. The molecule has 1 saturated carbocycles. The molecule has 3 aliphatic rings. The lowest BCUT2D eigenvalue weighted by Gasteiger charge is -2.33. The van der Waals surface area contributed by atoms with Gasteiger partial charge in [0.1, 0.15) is 0 Å². The smallest absolute Gasteiger partial charge is 0.409 e. The van der Waals surface area contributed by atoms with E-state index in [1.54, 1.807) is 6.07 Å². The van der Waals surface area contributed by atoms with E-state index < -0.39 is 6.09 Å². The molecule has 2 aromatic carbocycles. The largest absolute Gasteiger partial charge is 0.465 e. The van der Waals surface area contributed by atoms with Gasteiger partial charge in [-0.3, -0.25) is 10.1 Å². The Morgan fingerprint density at radius 1 is 0.943 bits per heavy atom. The first kappa shape index (κ1) is 24.7. The fourth-order valence-electron chi connectivity index (χ4n) is 4.93. The maximum absolute atomic E-state index is 13.0. The molecule has 35 heavy (non-hydrogen) atoms. The monoisotopic (exact) mass is 475 g/mol. The van der Waals surface area contributed by atoms with Crippen LogP contribution in [0.5, 0.6) is 0 Å². The molecule has 2 aliphatic heterocycles. The highest BCUT2D eigenvalue weighted by atomic mass is 16.5. The second-order valence-electron chi connectivity index (χ2n) is 9.48. The maximum Gasteiger partial charge on any atom is 0.409 e. The lowest BCUT2D eigenvalue weighted by Crippen LogP contribution is -2.38. The zero-order chi connectivity index (χ0) is 24.6. The minimum atomic E-state index is -1.11. The van der Waals surface area contributed by atoms with E-state index in [1.807, 2.05) is 41.3 Å². The lowest BCUT2D eigenvalue weighted by molar-refractivity contribution is 0.0713. The van der Waals surface area contributed by atoms with Gasteiger partial charge in [0, 0.05) is 37.6 Å². The first-order chi connectivity index (χ1) is 17.0. The third-order valence-corrected chi connectivity index (χ3v) is 7.21. The number of nitriles is 1. The van der Waals surface area contributed by atoms with E-state index >= 15 is 0 Å². The molecule has 2 heterocycles. The zero-order valence-corrected chi connectivity index (χ0v) is 20.0. The zero-order valence-electron chi connectivity index (χ0n) is 20.0. The van der Waals surface area contributed by atoms with Crippen LogP contribution >= 0.6 is 0 Å². The molecule has 184 valence electrons. The van der Waals surface area contributed by atoms with Gasteiger partial charge < -0.3 is 14.7 Å². The molecule has 0 radical (unpaired) electrons. The predicted molar refractivity (Wildman–Crippen MR) is 134 cm³/mol. The van der Waals surface area contributed by atoms with Crippen molar-refractivity contribution in [1.29, 1.82) is 5.26 Å². The van der Waals surface area contributed by atoms with Crippen molar-refractivity contribution in [1.82, 2.24) is 4.90 Å². The van der Waals surface area contributed by atoms with Crippen LogP contribution in [0.2, 0.25) is 0 Å². The molecule has 0 atom stereocenters. The summed E-state index contributed by atoms with van der Waals surface area (Å²) in [4.78, 5) is 26.1. The molecule has 0 spiro atoms. The predicted octanol–water partition coefficient (Wildman–Crippen LogP) is 5.73. The first-order valence-corrected chi connectivity index (χ1v) is 12.6. The molecule has 3 fully saturated rings. The Morgan fingerprint density at radius 2 is 1.63 bits per heavy atom. The second-order valence-corrected chi connectivity index (χ2v) is 9.48. The van der Waals surface area contributed by atoms with Crippen molar-refractivity contribution in [3.63, 3.8) is 0 Å².